The Hall–Kier alpha value is -1.66. The number of piperidine rings is 1. The predicted molar refractivity (Wildman–Crippen MR) is 68.6 cm³/mol. The second-order valence-electron chi connectivity index (χ2n) is 5.11. The number of fused-ring (bicyclic) bond motifs is 1. The molecular formula is C12H17N5O. The van der Waals surface area contributed by atoms with Crippen LogP contribution in [0.25, 0.3) is 5.52 Å². The number of H-pyrrole nitrogens is 1. The maximum Gasteiger partial charge on any atom is 0.346 e. The van der Waals surface area contributed by atoms with Crippen LogP contribution in [0.15, 0.2) is 23.1 Å². The van der Waals surface area contributed by atoms with Crippen molar-refractivity contribution in [2.45, 2.75) is 18.4 Å². The summed E-state index contributed by atoms with van der Waals surface area (Å²) in [5.41, 5.74) is 7.63. The van der Waals surface area contributed by atoms with E-state index in [9.17, 15) is 4.79 Å². The Balaban J connectivity index is 2.00. The van der Waals surface area contributed by atoms with Gasteiger partial charge in [0.2, 0.25) is 0 Å². The normalized spacial score (nSPS) is 25.7. The minimum absolute atomic E-state index is 0.165. The van der Waals surface area contributed by atoms with Crippen LogP contribution in [0, 0.1) is 0 Å². The number of nitrogens with two attached hydrogens (primary N) is 1. The first-order chi connectivity index (χ1) is 8.63. The van der Waals surface area contributed by atoms with Gasteiger partial charge in [-0.2, -0.15) is 9.61 Å². The van der Waals surface area contributed by atoms with Crippen LogP contribution in [0.5, 0.6) is 0 Å². The number of hydrogen-bond acceptors (Lipinski definition) is 4. The predicted octanol–water partition coefficient (Wildman–Crippen LogP) is -0.231. The van der Waals surface area contributed by atoms with Gasteiger partial charge >= 0.3 is 5.69 Å². The lowest BCUT2D eigenvalue weighted by Gasteiger charge is -2.33. The van der Waals surface area contributed by atoms with Crippen molar-refractivity contribution in [3.8, 4) is 0 Å². The smallest absolute Gasteiger partial charge is 0.327 e. The second kappa shape index (κ2) is 4.22. The molecule has 1 saturated heterocycles. The Labute approximate surface area is 104 Å². The Bertz CT molecular complexity index is 606. The highest BCUT2D eigenvalue weighted by atomic mass is 16.1. The zero-order chi connectivity index (χ0) is 12.7. The quantitative estimate of drug-likeness (QED) is 0.729. The molecule has 1 aliphatic heterocycles. The van der Waals surface area contributed by atoms with Gasteiger partial charge in [-0.1, -0.05) is 0 Å². The Morgan fingerprint density at radius 2 is 2.33 bits per heavy atom. The molecule has 3 rings (SSSR count). The average molecular weight is 247 g/mol. The van der Waals surface area contributed by atoms with Crippen LogP contribution in [0.1, 0.15) is 18.0 Å². The highest BCUT2D eigenvalue weighted by molar-refractivity contribution is 5.46. The number of nitrogens with one attached hydrogen (secondary N) is 1. The zero-order valence-corrected chi connectivity index (χ0v) is 10.3. The molecule has 2 aromatic heterocycles. The maximum absolute atomic E-state index is 11.9. The summed E-state index contributed by atoms with van der Waals surface area (Å²) in [5, 5.41) is 3.97. The van der Waals surface area contributed by atoms with Crippen molar-refractivity contribution in [2.75, 3.05) is 20.1 Å². The van der Waals surface area contributed by atoms with Gasteiger partial charge in [0.05, 0.1) is 11.7 Å². The molecule has 18 heavy (non-hydrogen) atoms. The molecular weight excluding hydrogens is 230 g/mol. The molecule has 0 spiro atoms. The van der Waals surface area contributed by atoms with Crippen molar-refractivity contribution >= 4 is 5.52 Å². The van der Waals surface area contributed by atoms with Crippen LogP contribution >= 0.6 is 0 Å². The molecule has 0 amide bonds. The topological polar surface area (TPSA) is 79.4 Å². The lowest BCUT2D eigenvalue weighted by atomic mass is 9.92. The second-order valence-corrected chi connectivity index (χ2v) is 5.11. The third-order valence-electron chi connectivity index (χ3n) is 3.52. The first-order valence-corrected chi connectivity index (χ1v) is 6.14. The molecule has 2 aromatic rings. The van der Waals surface area contributed by atoms with Crippen LogP contribution in [0.4, 0.5) is 0 Å². The van der Waals surface area contributed by atoms with Crippen LogP contribution in [-0.4, -0.2) is 45.7 Å². The number of aromatic nitrogens is 3. The molecule has 0 radical (unpaired) electrons. The van der Waals surface area contributed by atoms with Crippen molar-refractivity contribution < 1.29 is 0 Å². The van der Waals surface area contributed by atoms with Gasteiger partial charge in [-0.15, -0.1) is 0 Å². The van der Waals surface area contributed by atoms with Gasteiger partial charge in [-0.05, 0) is 25.6 Å². The summed E-state index contributed by atoms with van der Waals surface area (Å²) in [6.07, 6.45) is 2.54. The fourth-order valence-corrected chi connectivity index (χ4v) is 2.78. The summed E-state index contributed by atoms with van der Waals surface area (Å²) in [7, 11) is 2.06. The summed E-state index contributed by atoms with van der Waals surface area (Å²) in [6.45, 7) is 1.84. The zero-order valence-electron chi connectivity index (χ0n) is 10.3. The molecule has 0 aliphatic carbocycles. The monoisotopic (exact) mass is 247 g/mol. The van der Waals surface area contributed by atoms with E-state index < -0.39 is 0 Å². The number of aromatic amines is 1. The number of rotatable bonds is 1. The number of hydrogen-bond donors (Lipinski definition) is 2. The summed E-state index contributed by atoms with van der Waals surface area (Å²) < 4.78 is 1.37. The maximum atomic E-state index is 11.9. The average Bonchev–Trinajstić information content (AvgIpc) is 2.76. The van der Waals surface area contributed by atoms with Gasteiger partial charge in [0.15, 0.2) is 0 Å². The third-order valence-corrected chi connectivity index (χ3v) is 3.52. The van der Waals surface area contributed by atoms with E-state index in [0.29, 0.717) is 0 Å². The molecule has 2 atom stereocenters. The van der Waals surface area contributed by atoms with Crippen LogP contribution in [0.2, 0.25) is 0 Å². The standard InChI is InChI=1S/C12H17N5O/c1-16-6-8(4-9(13)7-16)11-5-10-2-3-14-17(10)12(18)15-11/h2-3,5,8-9H,4,6-7,13H2,1H3,(H,15,18). The molecule has 96 valence electrons. The molecule has 6 heteroatoms. The lowest BCUT2D eigenvalue weighted by molar-refractivity contribution is 0.224. The molecule has 3 heterocycles. The fraction of sp³-hybridized carbons (Fsp3) is 0.500. The number of likely N-dealkylation sites (N-methyl/N-ethyl adjacent to an activating group) is 1. The van der Waals surface area contributed by atoms with E-state index >= 15 is 0 Å². The van der Waals surface area contributed by atoms with Crippen molar-refractivity contribution in [1.29, 1.82) is 0 Å². The highest BCUT2D eigenvalue weighted by Crippen LogP contribution is 2.24. The number of nitrogens with zero attached hydrogens (tertiary/aromatic N) is 3. The Morgan fingerprint density at radius 3 is 3.11 bits per heavy atom. The van der Waals surface area contributed by atoms with Gasteiger partial charge < -0.3 is 15.6 Å². The number of likely N-dealkylation sites (tertiary alicyclic amines) is 1. The first kappa shape index (κ1) is 11.4. The van der Waals surface area contributed by atoms with Crippen molar-refractivity contribution in [1.82, 2.24) is 19.5 Å². The van der Waals surface area contributed by atoms with Crippen LogP contribution < -0.4 is 11.4 Å². The molecule has 3 N–H and O–H groups in total. The lowest BCUT2D eigenvalue weighted by Crippen LogP contribution is -2.44. The van der Waals surface area contributed by atoms with E-state index in [1.54, 1.807) is 6.20 Å². The molecule has 1 fully saturated rings. The molecule has 0 saturated carbocycles. The summed E-state index contributed by atoms with van der Waals surface area (Å²) in [4.78, 5) is 17.0. The van der Waals surface area contributed by atoms with Crippen LogP contribution in [-0.2, 0) is 0 Å². The van der Waals surface area contributed by atoms with Gasteiger partial charge in [0, 0.05) is 30.7 Å². The molecule has 6 nitrogen and oxygen atoms in total. The van der Waals surface area contributed by atoms with Gasteiger partial charge in [-0.3, -0.25) is 0 Å². The van der Waals surface area contributed by atoms with Gasteiger partial charge in [0.1, 0.15) is 0 Å². The fourth-order valence-electron chi connectivity index (χ4n) is 2.78. The molecule has 0 bridgehead atoms. The highest BCUT2D eigenvalue weighted by Gasteiger charge is 2.25. The van der Waals surface area contributed by atoms with Crippen molar-refractivity contribution in [3.63, 3.8) is 0 Å². The summed E-state index contributed by atoms with van der Waals surface area (Å²) >= 11 is 0. The molecule has 2 unspecified atom stereocenters. The third kappa shape index (κ3) is 1.93. The van der Waals surface area contributed by atoms with E-state index in [-0.39, 0.29) is 17.6 Å². The van der Waals surface area contributed by atoms with E-state index in [1.165, 1.54) is 4.52 Å². The Kier molecular flexibility index (Phi) is 2.68. The van der Waals surface area contributed by atoms with E-state index in [0.717, 1.165) is 30.7 Å². The minimum Gasteiger partial charge on any atom is -0.327 e. The molecule has 1 aliphatic rings. The SMILES string of the molecule is CN1CC(N)CC(c2cc3ccnn3c(=O)[nH]2)C1. The van der Waals surface area contributed by atoms with Crippen molar-refractivity contribution in [3.05, 3.63) is 34.5 Å². The minimum atomic E-state index is -0.186. The van der Waals surface area contributed by atoms with Crippen LogP contribution in [0.3, 0.4) is 0 Å². The van der Waals surface area contributed by atoms with Gasteiger partial charge in [-0.25, -0.2) is 4.79 Å². The Morgan fingerprint density at radius 1 is 1.50 bits per heavy atom. The van der Waals surface area contributed by atoms with E-state index in [4.69, 9.17) is 5.73 Å². The summed E-state index contributed by atoms with van der Waals surface area (Å²) in [6, 6.07) is 3.99. The van der Waals surface area contributed by atoms with Gasteiger partial charge in [0.25, 0.3) is 0 Å². The first-order valence-electron chi connectivity index (χ1n) is 6.14. The largest absolute Gasteiger partial charge is 0.346 e. The van der Waals surface area contributed by atoms with E-state index in [2.05, 4.69) is 22.0 Å². The summed E-state index contributed by atoms with van der Waals surface area (Å²) in [5.74, 6) is 0.284. The molecule has 0 aromatic carbocycles. The van der Waals surface area contributed by atoms with E-state index in [1.807, 2.05) is 12.1 Å². The van der Waals surface area contributed by atoms with Crippen molar-refractivity contribution in [2.24, 2.45) is 5.73 Å².